The fourth-order valence-electron chi connectivity index (χ4n) is 23.2. The van der Waals surface area contributed by atoms with Gasteiger partial charge in [0.05, 0.1) is 61.9 Å². The Bertz CT molecular complexity index is 9160. The van der Waals surface area contributed by atoms with Crippen LogP contribution in [-0.2, 0) is 5.41 Å². The van der Waals surface area contributed by atoms with E-state index in [0.717, 1.165) is 107 Å². The highest BCUT2D eigenvalue weighted by Gasteiger charge is 2.48. The second-order valence-electron chi connectivity index (χ2n) is 38.4. The van der Waals surface area contributed by atoms with Crippen molar-refractivity contribution < 1.29 is 0 Å². The first kappa shape index (κ1) is 89.9. The van der Waals surface area contributed by atoms with Crippen molar-refractivity contribution in [2.45, 2.75) is 37.1 Å². The number of nitriles is 1. The Kier molecular flexibility index (Phi) is 23.4. The number of rotatable bonds is 16. The number of nitrogens with zero attached hydrogens (tertiary/aromatic N) is 12. The fourth-order valence-corrected chi connectivity index (χ4v) is 28.0. The minimum atomic E-state index is -2.71. The number of hydrogen-bond donors (Lipinski definition) is 0. The molecule has 1 fully saturated rings. The Labute approximate surface area is 864 Å². The van der Waals surface area contributed by atoms with Crippen LogP contribution in [0, 0.1) is 17.2 Å². The van der Waals surface area contributed by atoms with Crippen LogP contribution in [-0.4, -0.2) is 69.4 Å². The van der Waals surface area contributed by atoms with Gasteiger partial charge in [-0.1, -0.05) is 431 Å². The molecule has 13 heteroatoms. The lowest BCUT2D eigenvalue weighted by Gasteiger charge is -2.34. The topological polar surface area (TPSA) is 141 Å². The quantitative estimate of drug-likeness (QED) is 0.0693. The van der Waals surface area contributed by atoms with Crippen molar-refractivity contribution in [2.75, 3.05) is 0 Å². The minimum Gasteiger partial charge on any atom is -0.309 e. The average molecular weight is 1930 g/mol. The van der Waals surface area contributed by atoms with Crippen molar-refractivity contribution in [1.82, 2.24) is 43.6 Å². The molecule has 25 aromatic rings. The predicted molar refractivity (Wildman–Crippen MR) is 613 cm³/mol. The van der Waals surface area contributed by atoms with Crippen LogP contribution in [0.1, 0.15) is 59.1 Å². The second kappa shape index (κ2) is 38.9. The van der Waals surface area contributed by atoms with Gasteiger partial charge in [0.25, 0.3) is 0 Å². The van der Waals surface area contributed by atoms with Crippen LogP contribution in [0.5, 0.6) is 0 Å². The maximum Gasteiger partial charge on any atom is 0.230 e. The van der Waals surface area contributed by atoms with E-state index in [1.54, 1.807) is 0 Å². The lowest BCUT2D eigenvalue weighted by molar-refractivity contribution is 0.378. The van der Waals surface area contributed by atoms with Gasteiger partial charge in [0.15, 0.2) is 43.0 Å². The molecule has 0 spiro atoms. The Morgan fingerprint density at radius 1 is 0.248 bits per heavy atom. The van der Waals surface area contributed by atoms with Crippen molar-refractivity contribution in [3.05, 3.63) is 555 Å². The average Bonchev–Trinajstić information content (AvgIpc) is 1.52. The van der Waals surface area contributed by atoms with Crippen LogP contribution < -0.4 is 20.7 Å². The molecule has 12 nitrogen and oxygen atoms in total. The van der Waals surface area contributed by atoms with Crippen molar-refractivity contribution in [3.63, 3.8) is 0 Å². The summed E-state index contributed by atoms with van der Waals surface area (Å²) < 4.78 is 6.98. The molecule has 1 aliphatic heterocycles. The summed E-state index contributed by atoms with van der Waals surface area (Å²) in [7, 11) is -2.71. The standard InChI is InChI=1S/C51H36N4Si.C51H39N3.C34H21N5/c1-6-18-37(19-7-1)49-52-50(38-20-8-2-9-21-38)54-51(53-49)39-30-32-40(33-31-39)55-47-29-17-16-28-45(47)46-36-44(34-35-48(46)55)56(41-22-10-3-11-23-41,42-24-12-4-13-25-42)43-26-14-5-15-27-43;1-4-16-34(17-5-1)35-28-30-36(31-29-35)49-41-24-11-14-26-46(41)52-50(53-49)54-47-27-15-12-23-40(47)43-32-42-39-22-10-13-25-44(39)51(45(42)33-48(43)54,37-18-6-2-7-19-37)38-20-8-3-9-21-38;35-22-23-15-20-31-29(21-23)28-13-7-8-14-30(28)39(31)27-18-16-26(17-19-27)34-37-32(24-9-3-1-4-10-24)36-33(38-34)25-11-5-2-6-12-25/h1-36H;1-10,12-13,15-23,25,27-33,41,46H,11,14,24,26H2;1-21H. The first-order valence-corrected chi connectivity index (χ1v) is 53.0. The van der Waals surface area contributed by atoms with Crippen LogP contribution in [0.25, 0.3) is 167 Å². The summed E-state index contributed by atoms with van der Waals surface area (Å²) in [6.07, 6.45) is 4.63. The maximum absolute atomic E-state index is 9.44. The summed E-state index contributed by atoms with van der Waals surface area (Å²) in [4.78, 5) is 40.5. The third kappa shape index (κ3) is 16.2. The molecule has 0 saturated heterocycles. The zero-order chi connectivity index (χ0) is 99.1. The van der Waals surface area contributed by atoms with E-state index in [0.29, 0.717) is 46.4 Å². The SMILES string of the molecule is N#Cc1ccc2c(c1)c1ccccc1n2-c1ccc(-c2nc(-c3ccccc3)nc(-c3ccccc3)n2)cc1.c1ccc(-c2ccc(C3=NC(n4c5ccccc5c5cc6c(cc54)C(c4ccccc4)(c4ccccc4)c4ccccc4-6)=NC4CCCCC34)cc2)cc1.c1ccc(-c2nc(-c3ccccc3)nc(-c3ccc(-n4c5ccccc5c5cc([Si](c6ccccc6)(c6ccccc6)c6ccccc6)ccc54)cc3)n2)cc1. The molecule has 20 aromatic carbocycles. The fraction of sp³-hybridized carbons (Fsp3) is 0.0515. The molecule has 28 rings (SSSR count). The molecule has 3 aliphatic rings. The highest BCUT2D eigenvalue weighted by molar-refractivity contribution is 7.20. The maximum atomic E-state index is 9.44. The third-order valence-electron chi connectivity index (χ3n) is 30.0. The first-order valence-electron chi connectivity index (χ1n) is 51.0. The summed E-state index contributed by atoms with van der Waals surface area (Å²) in [5.41, 5.74) is 27.2. The highest BCUT2D eigenvalue weighted by atomic mass is 28.3. The number of aromatic nitrogens is 9. The van der Waals surface area contributed by atoms with Crippen LogP contribution in [0.15, 0.2) is 532 Å². The van der Waals surface area contributed by atoms with E-state index in [2.05, 4.69) is 390 Å². The summed E-state index contributed by atoms with van der Waals surface area (Å²) in [6.45, 7) is 0. The van der Waals surface area contributed by atoms with Gasteiger partial charge in [0.1, 0.15) is 0 Å². The number of aliphatic imine (C=N–C) groups is 2. The molecule has 0 radical (unpaired) electrons. The summed E-state index contributed by atoms with van der Waals surface area (Å²) >= 11 is 0. The lowest BCUT2D eigenvalue weighted by atomic mass is 9.67. The van der Waals surface area contributed by atoms with E-state index in [4.69, 9.17) is 39.9 Å². The Hall–Kier alpha value is -19.1. The molecule has 6 heterocycles. The summed E-state index contributed by atoms with van der Waals surface area (Å²) in [6, 6.07) is 188. The van der Waals surface area contributed by atoms with E-state index < -0.39 is 13.5 Å². The zero-order valence-electron chi connectivity index (χ0n) is 81.5. The van der Waals surface area contributed by atoms with Gasteiger partial charge in [-0.15, -0.1) is 0 Å². The normalized spacial score (nSPS) is 13.9. The first-order chi connectivity index (χ1) is 73.8. The number of benzene rings is 20. The molecule has 0 amide bonds. The van der Waals surface area contributed by atoms with Gasteiger partial charge in [-0.05, 0) is 187 Å². The van der Waals surface area contributed by atoms with Crippen molar-refractivity contribution >= 4 is 106 Å². The second-order valence-corrected chi connectivity index (χ2v) is 42.2. The number of fused-ring (bicyclic) bond motifs is 13. The van der Waals surface area contributed by atoms with Gasteiger partial charge >= 0.3 is 0 Å². The van der Waals surface area contributed by atoms with Crippen molar-refractivity contribution in [2.24, 2.45) is 15.9 Å². The van der Waals surface area contributed by atoms with Crippen molar-refractivity contribution in [3.8, 4) is 108 Å². The number of hydrogen-bond acceptors (Lipinski definition) is 9. The molecule has 0 N–H and O–H groups in total. The molecule has 149 heavy (non-hydrogen) atoms. The Morgan fingerprint density at radius 3 is 1.03 bits per heavy atom. The summed E-state index contributed by atoms with van der Waals surface area (Å²) in [5.74, 6) is 4.96. The molecule has 2 unspecified atom stereocenters. The van der Waals surface area contributed by atoms with E-state index in [1.165, 1.54) is 111 Å². The van der Waals surface area contributed by atoms with Gasteiger partial charge in [0.2, 0.25) is 5.96 Å². The lowest BCUT2D eigenvalue weighted by Crippen LogP contribution is -2.74. The van der Waals surface area contributed by atoms with E-state index in [-0.39, 0.29) is 6.04 Å². The van der Waals surface area contributed by atoms with Crippen LogP contribution in [0.3, 0.4) is 0 Å². The van der Waals surface area contributed by atoms with Crippen LogP contribution >= 0.6 is 0 Å². The third-order valence-corrected chi connectivity index (χ3v) is 34.8. The summed E-state index contributed by atoms with van der Waals surface area (Å²) in [5, 5.41) is 22.0. The monoisotopic (exact) mass is 1920 g/mol. The van der Waals surface area contributed by atoms with Crippen LogP contribution in [0.4, 0.5) is 0 Å². The van der Waals surface area contributed by atoms with Gasteiger partial charge in [-0.3, -0.25) is 4.57 Å². The smallest absolute Gasteiger partial charge is 0.230 e. The van der Waals surface area contributed by atoms with E-state index >= 15 is 0 Å². The molecule has 704 valence electrons. The molecule has 2 aliphatic carbocycles. The largest absolute Gasteiger partial charge is 0.309 e. The molecule has 5 aromatic heterocycles. The molecular formula is C136H96N12Si. The highest BCUT2D eigenvalue weighted by Crippen LogP contribution is 2.58. The molecule has 0 bridgehead atoms. The number of para-hydroxylation sites is 3. The predicted octanol–water partition coefficient (Wildman–Crippen LogP) is 29.3. The van der Waals surface area contributed by atoms with E-state index in [9.17, 15) is 5.26 Å². The van der Waals surface area contributed by atoms with Gasteiger partial charge in [-0.25, -0.2) is 39.9 Å². The Balaban J connectivity index is 0.000000115. The van der Waals surface area contributed by atoms with Gasteiger partial charge in [0, 0.05) is 83.0 Å². The Morgan fingerprint density at radius 2 is 0.584 bits per heavy atom. The van der Waals surface area contributed by atoms with Gasteiger partial charge in [-0.2, -0.15) is 5.26 Å². The van der Waals surface area contributed by atoms with Crippen LogP contribution in [0.2, 0.25) is 0 Å². The van der Waals surface area contributed by atoms with Crippen molar-refractivity contribution in [1.29, 1.82) is 5.26 Å². The minimum absolute atomic E-state index is 0.206. The molecule has 2 atom stereocenters. The van der Waals surface area contributed by atoms with E-state index in [1.807, 2.05) is 152 Å². The van der Waals surface area contributed by atoms with Gasteiger partial charge < -0.3 is 9.13 Å². The zero-order valence-corrected chi connectivity index (χ0v) is 82.5. The molecular weight excluding hydrogens is 1830 g/mol. The molecule has 1 saturated carbocycles.